The summed E-state index contributed by atoms with van der Waals surface area (Å²) in [5.74, 6) is 0.148. The van der Waals surface area contributed by atoms with E-state index in [9.17, 15) is 9.59 Å². The van der Waals surface area contributed by atoms with Gasteiger partial charge < -0.3 is 0 Å². The zero-order valence-corrected chi connectivity index (χ0v) is 18.1. The Kier molecular flexibility index (Phi) is 6.51. The fourth-order valence-electron chi connectivity index (χ4n) is 2.86. The second kappa shape index (κ2) is 9.46. The van der Waals surface area contributed by atoms with Gasteiger partial charge in [-0.15, -0.1) is 11.3 Å². The van der Waals surface area contributed by atoms with E-state index in [1.54, 1.807) is 4.57 Å². The Morgan fingerprint density at radius 1 is 1.13 bits per heavy atom. The van der Waals surface area contributed by atoms with E-state index in [1.165, 1.54) is 41.7 Å². The van der Waals surface area contributed by atoms with Crippen molar-refractivity contribution in [3.05, 3.63) is 74.2 Å². The number of nitrogens with zero attached hydrogens (tertiary/aromatic N) is 5. The second-order valence-electron chi connectivity index (χ2n) is 6.38. The first-order valence-electron chi connectivity index (χ1n) is 9.10. The number of carbonyl (C=O) groups excluding carboxylic acids is 1. The van der Waals surface area contributed by atoms with Crippen LogP contribution in [0.1, 0.15) is 10.6 Å². The Morgan fingerprint density at radius 2 is 1.93 bits per heavy atom. The summed E-state index contributed by atoms with van der Waals surface area (Å²) in [6.45, 7) is 0.432. The van der Waals surface area contributed by atoms with E-state index in [4.69, 9.17) is 11.6 Å². The summed E-state index contributed by atoms with van der Waals surface area (Å²) in [5.41, 5.74) is 1.35. The molecule has 0 bridgehead atoms. The van der Waals surface area contributed by atoms with Gasteiger partial charge in [-0.1, -0.05) is 53.7 Å². The number of benzene rings is 1. The summed E-state index contributed by atoms with van der Waals surface area (Å²) >= 11 is 8.38. The van der Waals surface area contributed by atoms with Gasteiger partial charge in [0.2, 0.25) is 0 Å². The van der Waals surface area contributed by atoms with Crippen LogP contribution in [0.25, 0.3) is 11.2 Å². The normalized spacial score (nSPS) is 11.1. The van der Waals surface area contributed by atoms with Crippen molar-refractivity contribution in [1.29, 1.82) is 0 Å². The van der Waals surface area contributed by atoms with Crippen LogP contribution in [-0.2, 0) is 24.2 Å². The molecule has 0 aliphatic heterocycles. The highest BCUT2D eigenvalue weighted by molar-refractivity contribution is 7.99. The number of aryl methyl sites for hydroxylation is 1. The Bertz CT molecular complexity index is 1240. The predicted octanol–water partition coefficient (Wildman–Crippen LogP) is 3.44. The molecule has 0 unspecified atom stereocenters. The van der Waals surface area contributed by atoms with E-state index < -0.39 is 0 Å². The lowest BCUT2D eigenvalue weighted by atomic mass is 10.1. The van der Waals surface area contributed by atoms with Crippen molar-refractivity contribution in [1.82, 2.24) is 24.5 Å². The molecule has 0 amide bonds. The van der Waals surface area contributed by atoms with Gasteiger partial charge in [0.15, 0.2) is 16.3 Å². The van der Waals surface area contributed by atoms with Gasteiger partial charge in [0.25, 0.3) is 5.56 Å². The number of halogens is 1. The Hall–Kier alpha value is -2.62. The standard InChI is InChI=1S/C20H16ClN5O2S2/c21-15-11-24-16(30-15)10-14(27)12-29-20-25-18-17(22-7-8-23-18)19(28)26(20)9-6-13-4-2-1-3-5-13/h1-5,7-8,11H,6,9-10,12H2. The quantitative estimate of drug-likeness (QED) is 0.295. The minimum atomic E-state index is -0.259. The third-order valence-electron chi connectivity index (χ3n) is 4.26. The third-order valence-corrected chi connectivity index (χ3v) is 6.41. The number of thiazole rings is 1. The van der Waals surface area contributed by atoms with E-state index in [2.05, 4.69) is 19.9 Å². The van der Waals surface area contributed by atoms with Gasteiger partial charge in [0.1, 0.15) is 15.1 Å². The molecule has 0 N–H and O–H groups in total. The maximum Gasteiger partial charge on any atom is 0.282 e. The minimum absolute atomic E-state index is 0.0193. The number of fused-ring (bicyclic) bond motifs is 1. The average molecular weight is 458 g/mol. The molecular formula is C20H16ClN5O2S2. The van der Waals surface area contributed by atoms with Gasteiger partial charge in [-0.05, 0) is 12.0 Å². The van der Waals surface area contributed by atoms with Crippen LogP contribution >= 0.6 is 34.7 Å². The molecule has 3 aromatic heterocycles. The molecule has 0 atom stereocenters. The Labute approximate surface area is 185 Å². The molecule has 4 aromatic rings. The van der Waals surface area contributed by atoms with Crippen LogP contribution in [-0.4, -0.2) is 36.0 Å². The molecule has 0 saturated carbocycles. The smallest absolute Gasteiger partial charge is 0.282 e. The molecule has 4 rings (SSSR count). The largest absolute Gasteiger partial charge is 0.298 e. The second-order valence-corrected chi connectivity index (χ2v) is 9.07. The van der Waals surface area contributed by atoms with E-state index in [0.29, 0.717) is 27.5 Å². The van der Waals surface area contributed by atoms with Crippen LogP contribution in [0.5, 0.6) is 0 Å². The third kappa shape index (κ3) is 4.92. The molecule has 7 nitrogen and oxygen atoms in total. The number of hydrogen-bond acceptors (Lipinski definition) is 8. The van der Waals surface area contributed by atoms with Gasteiger partial charge in [-0.3, -0.25) is 14.2 Å². The number of carbonyl (C=O) groups is 1. The first-order chi connectivity index (χ1) is 14.6. The monoisotopic (exact) mass is 457 g/mol. The van der Waals surface area contributed by atoms with Crippen molar-refractivity contribution in [2.45, 2.75) is 24.5 Å². The minimum Gasteiger partial charge on any atom is -0.298 e. The van der Waals surface area contributed by atoms with Gasteiger partial charge >= 0.3 is 0 Å². The Morgan fingerprint density at radius 3 is 2.70 bits per heavy atom. The molecule has 0 aliphatic carbocycles. The topological polar surface area (TPSA) is 90.6 Å². The zero-order valence-electron chi connectivity index (χ0n) is 15.7. The molecular weight excluding hydrogens is 442 g/mol. The molecule has 10 heteroatoms. The van der Waals surface area contributed by atoms with Crippen LogP contribution < -0.4 is 5.56 Å². The van der Waals surface area contributed by atoms with E-state index >= 15 is 0 Å². The molecule has 3 heterocycles. The van der Waals surface area contributed by atoms with Crippen molar-refractivity contribution >= 4 is 51.6 Å². The lowest BCUT2D eigenvalue weighted by molar-refractivity contribution is -0.116. The highest BCUT2D eigenvalue weighted by atomic mass is 35.5. The lowest BCUT2D eigenvalue weighted by Crippen LogP contribution is -2.25. The summed E-state index contributed by atoms with van der Waals surface area (Å²) in [4.78, 5) is 42.3. The van der Waals surface area contributed by atoms with Gasteiger partial charge in [0, 0.05) is 18.9 Å². The van der Waals surface area contributed by atoms with E-state index in [-0.39, 0.29) is 34.7 Å². The summed E-state index contributed by atoms with van der Waals surface area (Å²) < 4.78 is 2.12. The zero-order chi connectivity index (χ0) is 20.9. The van der Waals surface area contributed by atoms with Crippen LogP contribution in [0.2, 0.25) is 4.34 Å². The summed E-state index contributed by atoms with van der Waals surface area (Å²) in [5, 5.41) is 1.12. The van der Waals surface area contributed by atoms with Crippen LogP contribution in [0, 0.1) is 0 Å². The first kappa shape index (κ1) is 20.6. The molecule has 0 fully saturated rings. The lowest BCUT2D eigenvalue weighted by Gasteiger charge is -2.12. The van der Waals surface area contributed by atoms with Crippen LogP contribution in [0.3, 0.4) is 0 Å². The predicted molar refractivity (Wildman–Crippen MR) is 118 cm³/mol. The molecule has 1 aromatic carbocycles. The van der Waals surface area contributed by atoms with Crippen LogP contribution in [0.4, 0.5) is 0 Å². The summed E-state index contributed by atoms with van der Waals surface area (Å²) in [6, 6.07) is 9.89. The number of rotatable bonds is 8. The van der Waals surface area contributed by atoms with E-state index in [1.807, 2.05) is 30.3 Å². The molecule has 0 radical (unpaired) electrons. The average Bonchev–Trinajstić information content (AvgIpc) is 3.17. The first-order valence-corrected chi connectivity index (χ1v) is 11.3. The van der Waals surface area contributed by atoms with Crippen LogP contribution in [0.15, 0.2) is 58.9 Å². The number of ketones is 1. The van der Waals surface area contributed by atoms with Crippen molar-refractivity contribution in [3.63, 3.8) is 0 Å². The van der Waals surface area contributed by atoms with Gasteiger partial charge in [-0.25, -0.2) is 19.9 Å². The maximum absolute atomic E-state index is 13.0. The highest BCUT2D eigenvalue weighted by Crippen LogP contribution is 2.21. The molecule has 0 aliphatic rings. The fraction of sp³-hybridized carbons (Fsp3) is 0.200. The Balaban J connectivity index is 1.56. The molecule has 0 saturated heterocycles. The SMILES string of the molecule is O=C(CSc1nc2nccnc2c(=O)n1CCc1ccccc1)Cc1ncc(Cl)s1. The number of hydrogen-bond donors (Lipinski definition) is 0. The molecule has 0 spiro atoms. The van der Waals surface area contributed by atoms with Crippen molar-refractivity contribution in [3.8, 4) is 0 Å². The molecule has 30 heavy (non-hydrogen) atoms. The number of thioether (sulfide) groups is 1. The number of Topliss-reactive ketones (excluding diaryl/α,β-unsaturated/α-hetero) is 1. The summed E-state index contributed by atoms with van der Waals surface area (Å²) in [7, 11) is 0. The van der Waals surface area contributed by atoms with Crippen molar-refractivity contribution < 1.29 is 4.79 Å². The number of aromatic nitrogens is 5. The molecule has 152 valence electrons. The van der Waals surface area contributed by atoms with Crippen molar-refractivity contribution in [2.75, 3.05) is 5.75 Å². The van der Waals surface area contributed by atoms with E-state index in [0.717, 1.165) is 5.56 Å². The highest BCUT2D eigenvalue weighted by Gasteiger charge is 2.16. The summed E-state index contributed by atoms with van der Waals surface area (Å²) in [6.07, 6.45) is 5.36. The van der Waals surface area contributed by atoms with Gasteiger partial charge in [-0.2, -0.15) is 0 Å². The maximum atomic E-state index is 13.0. The fourth-order valence-corrected chi connectivity index (χ4v) is 4.71. The van der Waals surface area contributed by atoms with Gasteiger partial charge in [0.05, 0.1) is 18.4 Å². The van der Waals surface area contributed by atoms with Crippen molar-refractivity contribution in [2.24, 2.45) is 0 Å².